The van der Waals surface area contributed by atoms with E-state index in [9.17, 15) is 4.79 Å². The Morgan fingerprint density at radius 2 is 1.93 bits per heavy atom. The summed E-state index contributed by atoms with van der Waals surface area (Å²) in [5.41, 5.74) is 10.4. The fourth-order valence-corrected chi connectivity index (χ4v) is 1.03. The standard InChI is InChI=1S/C11H15N3O/c1-8(2)13-14-11(15)7-9-3-5-10(12)6-4-9/h3-6H,7,12H2,1-2H3,(H,14,15). The fraction of sp³-hybridized carbons (Fsp3) is 0.273. The summed E-state index contributed by atoms with van der Waals surface area (Å²) < 4.78 is 0. The van der Waals surface area contributed by atoms with Gasteiger partial charge in [-0.15, -0.1) is 0 Å². The predicted octanol–water partition coefficient (Wildman–Crippen LogP) is 1.32. The van der Waals surface area contributed by atoms with E-state index >= 15 is 0 Å². The Balaban J connectivity index is 2.51. The van der Waals surface area contributed by atoms with Crippen LogP contribution in [0.3, 0.4) is 0 Å². The van der Waals surface area contributed by atoms with Gasteiger partial charge in [-0.25, -0.2) is 5.43 Å². The van der Waals surface area contributed by atoms with Crippen molar-refractivity contribution in [3.63, 3.8) is 0 Å². The van der Waals surface area contributed by atoms with Crippen LogP contribution < -0.4 is 11.2 Å². The number of hydrogen-bond donors (Lipinski definition) is 2. The van der Waals surface area contributed by atoms with Crippen LogP contribution in [0, 0.1) is 0 Å². The van der Waals surface area contributed by atoms with Crippen molar-refractivity contribution in [2.75, 3.05) is 5.73 Å². The second-order valence-electron chi connectivity index (χ2n) is 3.51. The molecule has 0 spiro atoms. The first-order valence-electron chi connectivity index (χ1n) is 4.72. The van der Waals surface area contributed by atoms with Crippen LogP contribution in [0.25, 0.3) is 0 Å². The second-order valence-corrected chi connectivity index (χ2v) is 3.51. The Bertz CT molecular complexity index is 364. The number of hydrazone groups is 1. The van der Waals surface area contributed by atoms with Crippen molar-refractivity contribution >= 4 is 17.3 Å². The van der Waals surface area contributed by atoms with Crippen LogP contribution in [0.1, 0.15) is 19.4 Å². The summed E-state index contributed by atoms with van der Waals surface area (Å²) in [4.78, 5) is 11.4. The van der Waals surface area contributed by atoms with Crippen molar-refractivity contribution in [2.24, 2.45) is 5.10 Å². The monoisotopic (exact) mass is 205 g/mol. The molecule has 1 rings (SSSR count). The highest BCUT2D eigenvalue weighted by Crippen LogP contribution is 2.05. The van der Waals surface area contributed by atoms with Gasteiger partial charge < -0.3 is 5.73 Å². The Morgan fingerprint density at radius 3 is 2.47 bits per heavy atom. The van der Waals surface area contributed by atoms with Gasteiger partial charge in [0.05, 0.1) is 6.42 Å². The molecule has 4 nitrogen and oxygen atoms in total. The van der Waals surface area contributed by atoms with Crippen molar-refractivity contribution in [2.45, 2.75) is 20.3 Å². The maximum absolute atomic E-state index is 11.4. The van der Waals surface area contributed by atoms with E-state index in [0.717, 1.165) is 11.3 Å². The number of nitrogens with zero attached hydrogens (tertiary/aromatic N) is 1. The summed E-state index contributed by atoms with van der Waals surface area (Å²) in [6.45, 7) is 3.65. The highest BCUT2D eigenvalue weighted by Gasteiger charge is 2.01. The topological polar surface area (TPSA) is 67.5 Å². The molecule has 1 amide bonds. The molecule has 0 unspecified atom stereocenters. The van der Waals surface area contributed by atoms with Crippen LogP contribution in [-0.4, -0.2) is 11.6 Å². The van der Waals surface area contributed by atoms with Gasteiger partial charge in [-0.3, -0.25) is 4.79 Å². The van der Waals surface area contributed by atoms with Gasteiger partial charge in [0.15, 0.2) is 0 Å². The van der Waals surface area contributed by atoms with Gasteiger partial charge in [-0.2, -0.15) is 5.10 Å². The van der Waals surface area contributed by atoms with E-state index in [1.807, 2.05) is 26.0 Å². The van der Waals surface area contributed by atoms with Crippen molar-refractivity contribution in [3.05, 3.63) is 29.8 Å². The van der Waals surface area contributed by atoms with Crippen molar-refractivity contribution in [3.8, 4) is 0 Å². The molecule has 4 heteroatoms. The van der Waals surface area contributed by atoms with Crippen LogP contribution in [0.4, 0.5) is 5.69 Å². The lowest BCUT2D eigenvalue weighted by atomic mass is 10.1. The van der Waals surface area contributed by atoms with Crippen molar-refractivity contribution < 1.29 is 4.79 Å². The lowest BCUT2D eigenvalue weighted by Gasteiger charge is -2.01. The molecule has 0 aliphatic carbocycles. The fourth-order valence-electron chi connectivity index (χ4n) is 1.03. The third kappa shape index (κ3) is 4.26. The number of hydrogen-bond acceptors (Lipinski definition) is 3. The molecule has 0 radical (unpaired) electrons. The van der Waals surface area contributed by atoms with Crippen molar-refractivity contribution in [1.82, 2.24) is 5.43 Å². The van der Waals surface area contributed by atoms with E-state index in [4.69, 9.17) is 5.73 Å². The normalized spacial score (nSPS) is 9.47. The van der Waals surface area contributed by atoms with Crippen LogP contribution in [0.5, 0.6) is 0 Å². The molecule has 1 aromatic carbocycles. The molecule has 0 bridgehead atoms. The van der Waals surface area contributed by atoms with E-state index in [1.54, 1.807) is 12.1 Å². The zero-order valence-electron chi connectivity index (χ0n) is 8.95. The van der Waals surface area contributed by atoms with E-state index in [-0.39, 0.29) is 5.91 Å². The minimum Gasteiger partial charge on any atom is -0.399 e. The second kappa shape index (κ2) is 5.14. The molecular weight excluding hydrogens is 190 g/mol. The molecule has 0 aliphatic rings. The van der Waals surface area contributed by atoms with Gasteiger partial charge >= 0.3 is 0 Å². The first kappa shape index (κ1) is 11.2. The largest absolute Gasteiger partial charge is 0.399 e. The Labute approximate surface area is 89.2 Å². The van der Waals surface area contributed by atoms with Crippen molar-refractivity contribution in [1.29, 1.82) is 0 Å². The van der Waals surface area contributed by atoms with Gasteiger partial charge in [0, 0.05) is 11.4 Å². The minimum atomic E-state index is -0.124. The number of amides is 1. The number of carbonyl (C=O) groups is 1. The lowest BCUT2D eigenvalue weighted by molar-refractivity contribution is -0.120. The number of benzene rings is 1. The number of rotatable bonds is 3. The Kier molecular flexibility index (Phi) is 3.85. The average molecular weight is 205 g/mol. The number of carbonyl (C=O) groups excluding carboxylic acids is 1. The molecule has 15 heavy (non-hydrogen) atoms. The average Bonchev–Trinajstić information content (AvgIpc) is 2.19. The van der Waals surface area contributed by atoms with Crippen LogP contribution in [0.15, 0.2) is 29.4 Å². The summed E-state index contributed by atoms with van der Waals surface area (Å²) >= 11 is 0. The number of nitrogens with two attached hydrogens (primary N) is 1. The minimum absolute atomic E-state index is 0.124. The maximum Gasteiger partial charge on any atom is 0.244 e. The van der Waals surface area contributed by atoms with E-state index in [1.165, 1.54) is 0 Å². The van der Waals surface area contributed by atoms with E-state index < -0.39 is 0 Å². The first-order chi connectivity index (χ1) is 7.08. The molecular formula is C11H15N3O. The quantitative estimate of drug-likeness (QED) is 0.444. The van der Waals surface area contributed by atoms with Gasteiger partial charge in [-0.05, 0) is 31.5 Å². The molecule has 1 aromatic rings. The van der Waals surface area contributed by atoms with Gasteiger partial charge in [0.1, 0.15) is 0 Å². The summed E-state index contributed by atoms with van der Waals surface area (Å²) in [5.74, 6) is -0.124. The maximum atomic E-state index is 11.4. The van der Waals surface area contributed by atoms with Crippen LogP contribution in [-0.2, 0) is 11.2 Å². The molecule has 0 fully saturated rings. The van der Waals surface area contributed by atoms with E-state index in [2.05, 4.69) is 10.5 Å². The highest BCUT2D eigenvalue weighted by atomic mass is 16.2. The zero-order valence-corrected chi connectivity index (χ0v) is 8.95. The molecule has 0 aromatic heterocycles. The first-order valence-corrected chi connectivity index (χ1v) is 4.72. The van der Waals surface area contributed by atoms with Crippen LogP contribution in [0.2, 0.25) is 0 Å². The summed E-state index contributed by atoms with van der Waals surface area (Å²) in [6.07, 6.45) is 0.317. The molecule has 0 saturated carbocycles. The molecule has 0 saturated heterocycles. The summed E-state index contributed by atoms with van der Waals surface area (Å²) in [6, 6.07) is 7.21. The molecule has 0 aliphatic heterocycles. The zero-order chi connectivity index (χ0) is 11.3. The third-order valence-corrected chi connectivity index (χ3v) is 1.75. The van der Waals surface area contributed by atoms with Crippen LogP contribution >= 0.6 is 0 Å². The molecule has 0 heterocycles. The Morgan fingerprint density at radius 1 is 1.33 bits per heavy atom. The Hall–Kier alpha value is -1.84. The lowest BCUT2D eigenvalue weighted by Crippen LogP contribution is -2.20. The number of nitrogens with one attached hydrogen (secondary N) is 1. The third-order valence-electron chi connectivity index (χ3n) is 1.75. The molecule has 3 N–H and O–H groups in total. The van der Waals surface area contributed by atoms with Gasteiger partial charge in [0.25, 0.3) is 0 Å². The number of nitrogen functional groups attached to an aromatic ring is 1. The smallest absolute Gasteiger partial charge is 0.244 e. The molecule has 0 atom stereocenters. The van der Waals surface area contributed by atoms with Gasteiger partial charge in [-0.1, -0.05) is 12.1 Å². The summed E-state index contributed by atoms with van der Waals surface area (Å²) in [5, 5.41) is 3.83. The summed E-state index contributed by atoms with van der Waals surface area (Å²) in [7, 11) is 0. The predicted molar refractivity (Wildman–Crippen MR) is 61.5 cm³/mol. The molecule has 80 valence electrons. The highest BCUT2D eigenvalue weighted by molar-refractivity contribution is 5.83. The SMILES string of the molecule is CC(C)=NNC(=O)Cc1ccc(N)cc1. The van der Waals surface area contributed by atoms with E-state index in [0.29, 0.717) is 12.1 Å². The number of anilines is 1. The van der Waals surface area contributed by atoms with Gasteiger partial charge in [0.2, 0.25) is 5.91 Å².